The fourth-order valence-corrected chi connectivity index (χ4v) is 3.39. The van der Waals surface area contributed by atoms with Gasteiger partial charge in [-0.2, -0.15) is 0 Å². The van der Waals surface area contributed by atoms with E-state index in [-0.39, 0.29) is 11.2 Å². The number of aromatic amines is 1. The van der Waals surface area contributed by atoms with Crippen LogP contribution in [0.2, 0.25) is 0 Å². The molecule has 0 bridgehead atoms. The van der Waals surface area contributed by atoms with Crippen molar-refractivity contribution in [3.05, 3.63) is 80.5 Å². The first-order chi connectivity index (χ1) is 11.7. The lowest BCUT2D eigenvalue weighted by Crippen LogP contribution is -2.40. The molecule has 0 unspecified atom stereocenters. The molecule has 24 heavy (non-hydrogen) atoms. The van der Waals surface area contributed by atoms with Gasteiger partial charge in [-0.15, -0.1) is 0 Å². The highest BCUT2D eigenvalue weighted by Gasteiger charge is 2.16. The summed E-state index contributed by atoms with van der Waals surface area (Å²) in [5, 5.41) is 0.557. The van der Waals surface area contributed by atoms with Crippen molar-refractivity contribution in [2.45, 2.75) is 19.5 Å². The number of benzene rings is 2. The van der Waals surface area contributed by atoms with E-state index in [4.69, 9.17) is 0 Å². The number of fused-ring (bicyclic) bond motifs is 2. The normalized spacial score (nSPS) is 14.7. The van der Waals surface area contributed by atoms with Crippen LogP contribution in [0.3, 0.4) is 0 Å². The van der Waals surface area contributed by atoms with Crippen molar-refractivity contribution in [2.24, 2.45) is 0 Å². The van der Waals surface area contributed by atoms with Crippen molar-refractivity contribution >= 4 is 10.9 Å². The van der Waals surface area contributed by atoms with Crippen LogP contribution in [0, 0.1) is 0 Å². The molecule has 5 heteroatoms. The first kappa shape index (κ1) is 14.9. The lowest BCUT2D eigenvalue weighted by atomic mass is 10.00. The molecule has 0 saturated heterocycles. The maximum Gasteiger partial charge on any atom is 0.328 e. The topological polar surface area (TPSA) is 58.1 Å². The SMILES string of the molecule is O=c1[nH]c2ccccc2c(=O)n1CCN1CCc2ccccc2C1. The summed E-state index contributed by atoms with van der Waals surface area (Å²) in [4.78, 5) is 29.8. The zero-order valence-corrected chi connectivity index (χ0v) is 13.4. The number of rotatable bonds is 3. The maximum absolute atomic E-state index is 12.5. The van der Waals surface area contributed by atoms with E-state index in [0.717, 1.165) is 19.5 Å². The van der Waals surface area contributed by atoms with Gasteiger partial charge in [0.05, 0.1) is 10.9 Å². The molecule has 0 spiro atoms. The van der Waals surface area contributed by atoms with Gasteiger partial charge in [0.1, 0.15) is 0 Å². The Balaban J connectivity index is 1.56. The number of nitrogens with one attached hydrogen (secondary N) is 1. The molecule has 2 aromatic carbocycles. The minimum Gasteiger partial charge on any atom is -0.307 e. The molecule has 0 atom stereocenters. The van der Waals surface area contributed by atoms with Gasteiger partial charge in [0.2, 0.25) is 0 Å². The zero-order chi connectivity index (χ0) is 16.5. The predicted octanol–water partition coefficient (Wildman–Crippen LogP) is 1.75. The molecule has 1 aromatic heterocycles. The van der Waals surface area contributed by atoms with E-state index in [9.17, 15) is 9.59 Å². The predicted molar refractivity (Wildman–Crippen MR) is 94.3 cm³/mol. The second kappa shape index (κ2) is 6.09. The third kappa shape index (κ3) is 2.67. The Kier molecular flexibility index (Phi) is 3.78. The Morgan fingerprint density at radius 3 is 2.54 bits per heavy atom. The Morgan fingerprint density at radius 2 is 1.67 bits per heavy atom. The van der Waals surface area contributed by atoms with Crippen LogP contribution < -0.4 is 11.2 Å². The lowest BCUT2D eigenvalue weighted by molar-refractivity contribution is 0.242. The van der Waals surface area contributed by atoms with Gasteiger partial charge < -0.3 is 4.98 Å². The second-order valence-corrected chi connectivity index (χ2v) is 6.23. The minimum absolute atomic E-state index is 0.216. The molecule has 1 aliphatic heterocycles. The summed E-state index contributed by atoms with van der Waals surface area (Å²) in [7, 11) is 0. The van der Waals surface area contributed by atoms with Crippen molar-refractivity contribution in [1.82, 2.24) is 14.5 Å². The quantitative estimate of drug-likeness (QED) is 0.799. The first-order valence-corrected chi connectivity index (χ1v) is 8.23. The second-order valence-electron chi connectivity index (χ2n) is 6.23. The van der Waals surface area contributed by atoms with Gasteiger partial charge in [-0.25, -0.2) is 4.79 Å². The number of aromatic nitrogens is 2. The molecule has 0 amide bonds. The van der Waals surface area contributed by atoms with Crippen LogP contribution in [0.5, 0.6) is 0 Å². The molecule has 122 valence electrons. The van der Waals surface area contributed by atoms with Gasteiger partial charge in [0.25, 0.3) is 5.56 Å². The first-order valence-electron chi connectivity index (χ1n) is 8.23. The Morgan fingerprint density at radius 1 is 0.917 bits per heavy atom. The van der Waals surface area contributed by atoms with Crippen LogP contribution in [-0.2, 0) is 19.5 Å². The molecule has 4 rings (SSSR count). The Bertz CT molecular complexity index is 1000. The van der Waals surface area contributed by atoms with E-state index >= 15 is 0 Å². The maximum atomic E-state index is 12.5. The van der Waals surface area contributed by atoms with Gasteiger partial charge in [0.15, 0.2) is 0 Å². The number of para-hydroxylation sites is 1. The number of nitrogens with zero attached hydrogens (tertiary/aromatic N) is 2. The molecule has 1 aliphatic rings. The van der Waals surface area contributed by atoms with Gasteiger partial charge >= 0.3 is 5.69 Å². The van der Waals surface area contributed by atoms with Gasteiger partial charge in [-0.3, -0.25) is 14.3 Å². The Labute approximate surface area is 139 Å². The van der Waals surface area contributed by atoms with Crippen molar-refractivity contribution in [3.63, 3.8) is 0 Å². The standard InChI is InChI=1S/C19H19N3O2/c23-18-16-7-3-4-8-17(16)20-19(24)22(18)12-11-21-10-9-14-5-1-2-6-15(14)13-21/h1-8H,9-13H2,(H,20,24). The van der Waals surface area contributed by atoms with Crippen LogP contribution >= 0.6 is 0 Å². The summed E-state index contributed by atoms with van der Waals surface area (Å²) in [6.45, 7) is 2.92. The van der Waals surface area contributed by atoms with Crippen LogP contribution in [0.15, 0.2) is 58.1 Å². The number of hydrogen-bond donors (Lipinski definition) is 1. The molecule has 0 radical (unpaired) electrons. The molecule has 1 N–H and O–H groups in total. The summed E-state index contributed by atoms with van der Waals surface area (Å²) in [6.07, 6.45) is 1.01. The van der Waals surface area contributed by atoms with E-state index in [1.165, 1.54) is 15.7 Å². The molecule has 2 heterocycles. The summed E-state index contributed by atoms with van der Waals surface area (Å²) in [5.74, 6) is 0. The Hall–Kier alpha value is -2.66. The molecule has 0 aliphatic carbocycles. The summed E-state index contributed by atoms with van der Waals surface area (Å²) >= 11 is 0. The molecule has 0 saturated carbocycles. The fourth-order valence-electron chi connectivity index (χ4n) is 3.39. The zero-order valence-electron chi connectivity index (χ0n) is 13.4. The van der Waals surface area contributed by atoms with E-state index in [2.05, 4.69) is 34.1 Å². The van der Waals surface area contributed by atoms with E-state index in [0.29, 0.717) is 24.0 Å². The highest BCUT2D eigenvalue weighted by Crippen LogP contribution is 2.18. The molecular weight excluding hydrogens is 302 g/mol. The third-order valence-corrected chi connectivity index (χ3v) is 4.74. The molecule has 5 nitrogen and oxygen atoms in total. The minimum atomic E-state index is -0.337. The summed E-state index contributed by atoms with van der Waals surface area (Å²) < 4.78 is 1.31. The fraction of sp³-hybridized carbons (Fsp3) is 0.263. The third-order valence-electron chi connectivity index (χ3n) is 4.74. The van der Waals surface area contributed by atoms with Crippen molar-refractivity contribution in [2.75, 3.05) is 13.1 Å². The van der Waals surface area contributed by atoms with Crippen LogP contribution in [0.25, 0.3) is 10.9 Å². The van der Waals surface area contributed by atoms with E-state index in [1.54, 1.807) is 12.1 Å². The van der Waals surface area contributed by atoms with E-state index < -0.39 is 0 Å². The van der Waals surface area contributed by atoms with Crippen LogP contribution in [0.1, 0.15) is 11.1 Å². The van der Waals surface area contributed by atoms with Crippen molar-refractivity contribution in [3.8, 4) is 0 Å². The number of H-pyrrole nitrogens is 1. The number of hydrogen-bond acceptors (Lipinski definition) is 3. The lowest BCUT2D eigenvalue weighted by Gasteiger charge is -2.28. The van der Waals surface area contributed by atoms with Crippen LogP contribution in [0.4, 0.5) is 0 Å². The van der Waals surface area contributed by atoms with E-state index in [1.807, 2.05) is 12.1 Å². The van der Waals surface area contributed by atoms with Crippen molar-refractivity contribution in [1.29, 1.82) is 0 Å². The van der Waals surface area contributed by atoms with Gasteiger partial charge in [0, 0.05) is 26.2 Å². The molecular formula is C19H19N3O2. The largest absolute Gasteiger partial charge is 0.328 e. The van der Waals surface area contributed by atoms with Crippen molar-refractivity contribution < 1.29 is 0 Å². The smallest absolute Gasteiger partial charge is 0.307 e. The summed E-state index contributed by atoms with van der Waals surface area (Å²) in [6, 6.07) is 15.6. The molecule has 3 aromatic rings. The highest BCUT2D eigenvalue weighted by molar-refractivity contribution is 5.76. The summed E-state index contributed by atoms with van der Waals surface area (Å²) in [5.41, 5.74) is 2.77. The molecule has 0 fully saturated rings. The average molecular weight is 321 g/mol. The monoisotopic (exact) mass is 321 g/mol. The van der Waals surface area contributed by atoms with Gasteiger partial charge in [-0.1, -0.05) is 36.4 Å². The van der Waals surface area contributed by atoms with Crippen LogP contribution in [-0.4, -0.2) is 27.5 Å². The van der Waals surface area contributed by atoms with Gasteiger partial charge in [-0.05, 0) is 29.7 Å². The average Bonchev–Trinajstić information content (AvgIpc) is 2.61. The highest BCUT2D eigenvalue weighted by atomic mass is 16.2.